The van der Waals surface area contributed by atoms with E-state index in [1.165, 1.54) is 34.4 Å². The average Bonchev–Trinajstić information content (AvgIpc) is 3.12. The number of carbonyl (C=O) groups is 2. The van der Waals surface area contributed by atoms with Gasteiger partial charge in [0.05, 0.1) is 23.2 Å². The molecule has 0 saturated heterocycles. The minimum absolute atomic E-state index is 0.270. The second kappa shape index (κ2) is 15.0. The lowest BCUT2D eigenvalue weighted by atomic mass is 9.76. The summed E-state index contributed by atoms with van der Waals surface area (Å²) in [6.45, 7) is 0. The van der Waals surface area contributed by atoms with E-state index < -0.39 is 35.4 Å². The fourth-order valence-corrected chi connectivity index (χ4v) is 7.45. The Balaban J connectivity index is 1.08. The maximum absolute atomic E-state index is 13.4. The summed E-state index contributed by atoms with van der Waals surface area (Å²) in [7, 11) is 3.16. The van der Waals surface area contributed by atoms with Gasteiger partial charge in [0.25, 0.3) is 0 Å². The van der Waals surface area contributed by atoms with Crippen molar-refractivity contribution in [3.05, 3.63) is 154 Å². The number of halogens is 6. The molecule has 4 aromatic carbocycles. The zero-order chi connectivity index (χ0) is 37.2. The van der Waals surface area contributed by atoms with Gasteiger partial charge in [0.15, 0.2) is 0 Å². The van der Waals surface area contributed by atoms with Crippen LogP contribution in [0.2, 0.25) is 0 Å². The molecular formula is C40H36F6N2O4. The van der Waals surface area contributed by atoms with Crippen molar-refractivity contribution in [1.29, 1.82) is 0 Å². The van der Waals surface area contributed by atoms with Gasteiger partial charge in [-0.3, -0.25) is 0 Å². The Kier molecular flexibility index (Phi) is 10.6. The molecule has 0 saturated carbocycles. The number of rotatable bonds is 8. The summed E-state index contributed by atoms with van der Waals surface area (Å²) < 4.78 is 80.5. The number of hydrogen-bond donors (Lipinski definition) is 0. The maximum Gasteiger partial charge on any atom is 0.416 e. The number of fused-ring (bicyclic) bond motifs is 2. The van der Waals surface area contributed by atoms with Gasteiger partial charge in [-0.1, -0.05) is 84.9 Å². The summed E-state index contributed by atoms with van der Waals surface area (Å²) in [6, 6.07) is 24.6. The third-order valence-corrected chi connectivity index (χ3v) is 9.85. The van der Waals surface area contributed by atoms with E-state index in [9.17, 15) is 35.9 Å². The van der Waals surface area contributed by atoms with Gasteiger partial charge < -0.3 is 9.68 Å². The lowest BCUT2D eigenvalue weighted by molar-refractivity contribution is -0.192. The highest BCUT2D eigenvalue weighted by Crippen LogP contribution is 2.46. The van der Waals surface area contributed by atoms with Gasteiger partial charge in [0.2, 0.25) is 0 Å². The van der Waals surface area contributed by atoms with Crippen LogP contribution in [0.5, 0.6) is 0 Å². The molecule has 0 fully saturated rings. The van der Waals surface area contributed by atoms with Crippen molar-refractivity contribution in [2.45, 2.75) is 62.0 Å². The van der Waals surface area contributed by atoms with E-state index in [0.29, 0.717) is 36.8 Å². The molecule has 4 atom stereocenters. The zero-order valence-corrected chi connectivity index (χ0v) is 28.3. The van der Waals surface area contributed by atoms with Gasteiger partial charge in [-0.15, -0.1) is 10.1 Å². The first-order valence-corrected chi connectivity index (χ1v) is 16.8. The van der Waals surface area contributed by atoms with Crippen LogP contribution < -0.4 is 0 Å². The van der Waals surface area contributed by atoms with Crippen LogP contribution in [0.1, 0.15) is 94.1 Å². The van der Waals surface area contributed by atoms with Crippen LogP contribution in [0.15, 0.2) is 109 Å². The molecule has 4 unspecified atom stereocenters. The lowest BCUT2D eigenvalue weighted by Gasteiger charge is -2.36. The van der Waals surface area contributed by atoms with Crippen LogP contribution in [-0.2, 0) is 31.6 Å². The molecule has 0 aliphatic heterocycles. The molecule has 0 heterocycles. The van der Waals surface area contributed by atoms with Crippen molar-refractivity contribution in [1.82, 2.24) is 10.1 Å². The molecule has 0 spiro atoms. The largest absolute Gasteiger partial charge is 0.416 e. The minimum Gasteiger partial charge on any atom is -0.364 e. The predicted octanol–water partition coefficient (Wildman–Crippen LogP) is 9.69. The SMILES string of the molecule is CN(OC(=O)/C=C\C(=O)ON(C)C1CCC(c2cccc(C(F)(F)F)c2)c2ccccc21)C1CCC(c2cccc(C(F)(F)F)c2)c2ccccc21. The number of carbonyl (C=O) groups excluding carboxylic acids is 2. The monoisotopic (exact) mass is 722 g/mol. The predicted molar refractivity (Wildman–Crippen MR) is 180 cm³/mol. The van der Waals surface area contributed by atoms with Crippen molar-refractivity contribution >= 4 is 11.9 Å². The summed E-state index contributed by atoms with van der Waals surface area (Å²) in [5.41, 5.74) is 3.01. The first-order valence-electron chi connectivity index (χ1n) is 16.8. The van der Waals surface area contributed by atoms with E-state index in [1.54, 1.807) is 26.2 Å². The number of nitrogens with zero attached hydrogens (tertiary/aromatic N) is 2. The van der Waals surface area contributed by atoms with E-state index in [0.717, 1.165) is 46.5 Å². The number of hydrogen-bond acceptors (Lipinski definition) is 6. The Hall–Kier alpha value is -4.94. The molecule has 2 aliphatic carbocycles. The second-order valence-corrected chi connectivity index (χ2v) is 13.0. The summed E-state index contributed by atoms with van der Waals surface area (Å²) in [4.78, 5) is 36.6. The molecule has 0 N–H and O–H groups in total. The molecule has 4 aromatic rings. The van der Waals surface area contributed by atoms with Gasteiger partial charge in [0, 0.05) is 38.1 Å². The summed E-state index contributed by atoms with van der Waals surface area (Å²) >= 11 is 0. The summed E-state index contributed by atoms with van der Waals surface area (Å²) in [5.74, 6) is -2.20. The zero-order valence-electron chi connectivity index (χ0n) is 28.3. The number of hydroxylamine groups is 4. The Morgan fingerprint density at radius 1 is 0.558 bits per heavy atom. The first-order chi connectivity index (χ1) is 24.7. The lowest BCUT2D eigenvalue weighted by Crippen LogP contribution is -2.32. The van der Waals surface area contributed by atoms with Crippen molar-refractivity contribution in [3.63, 3.8) is 0 Å². The van der Waals surface area contributed by atoms with Crippen LogP contribution in [0, 0.1) is 0 Å². The summed E-state index contributed by atoms with van der Waals surface area (Å²) in [6.07, 6.45) is -4.99. The van der Waals surface area contributed by atoms with Gasteiger partial charge >= 0.3 is 24.3 Å². The third-order valence-electron chi connectivity index (χ3n) is 9.85. The average molecular weight is 723 g/mol. The van der Waals surface area contributed by atoms with E-state index >= 15 is 0 Å². The normalized spacial score (nSPS) is 20.4. The van der Waals surface area contributed by atoms with Crippen LogP contribution in [-0.4, -0.2) is 36.2 Å². The Labute approximate surface area is 297 Å². The third kappa shape index (κ3) is 8.08. The van der Waals surface area contributed by atoms with Crippen LogP contribution in [0.3, 0.4) is 0 Å². The van der Waals surface area contributed by atoms with Crippen molar-refractivity contribution in [3.8, 4) is 0 Å². The molecular weight excluding hydrogens is 686 g/mol. The minimum atomic E-state index is -4.46. The van der Waals surface area contributed by atoms with E-state index in [2.05, 4.69) is 0 Å². The second-order valence-electron chi connectivity index (χ2n) is 13.0. The Morgan fingerprint density at radius 3 is 1.29 bits per heavy atom. The van der Waals surface area contributed by atoms with Gasteiger partial charge in [0.1, 0.15) is 0 Å². The molecule has 52 heavy (non-hydrogen) atoms. The molecule has 272 valence electrons. The van der Waals surface area contributed by atoms with Gasteiger partial charge in [-0.2, -0.15) is 26.3 Å². The van der Waals surface area contributed by atoms with Crippen LogP contribution in [0.25, 0.3) is 0 Å². The van der Waals surface area contributed by atoms with E-state index in [4.69, 9.17) is 9.68 Å². The summed E-state index contributed by atoms with van der Waals surface area (Å²) in [5, 5.41) is 2.76. The van der Waals surface area contributed by atoms with Crippen molar-refractivity contribution in [2.24, 2.45) is 0 Å². The van der Waals surface area contributed by atoms with E-state index in [1.807, 2.05) is 48.5 Å². The molecule has 2 aliphatic rings. The fraction of sp³-hybridized carbons (Fsp3) is 0.300. The topological polar surface area (TPSA) is 59.1 Å². The highest BCUT2D eigenvalue weighted by molar-refractivity contribution is 5.91. The highest BCUT2D eigenvalue weighted by atomic mass is 19.4. The van der Waals surface area contributed by atoms with Crippen molar-refractivity contribution < 1.29 is 45.6 Å². The van der Waals surface area contributed by atoms with Crippen LogP contribution >= 0.6 is 0 Å². The Bertz CT molecular complexity index is 1820. The number of benzene rings is 4. The quantitative estimate of drug-likeness (QED) is 0.103. The van der Waals surface area contributed by atoms with Crippen LogP contribution in [0.4, 0.5) is 26.3 Å². The van der Waals surface area contributed by atoms with Crippen molar-refractivity contribution in [2.75, 3.05) is 14.1 Å². The molecule has 0 amide bonds. The standard InChI is InChI=1S/C40H36F6N2O4/c1-47(35-19-17-29(31-13-3-5-15-33(31)35)25-9-7-11-27(23-25)39(41,42)43)51-37(49)21-22-38(50)52-48(2)36-20-18-30(32-14-4-6-16-34(32)36)26-10-8-12-28(24-26)40(44,45)46/h3-16,21-24,29-30,35-36H,17-20H2,1-2H3/b22-21-. The smallest absolute Gasteiger partial charge is 0.364 e. The molecule has 6 rings (SSSR count). The molecule has 0 aromatic heterocycles. The Morgan fingerprint density at radius 2 is 0.923 bits per heavy atom. The first kappa shape index (κ1) is 36.8. The number of alkyl halides is 6. The highest BCUT2D eigenvalue weighted by Gasteiger charge is 2.36. The van der Waals surface area contributed by atoms with E-state index in [-0.39, 0.29) is 23.9 Å². The fourth-order valence-electron chi connectivity index (χ4n) is 7.45. The van der Waals surface area contributed by atoms with Gasteiger partial charge in [-0.25, -0.2) is 9.59 Å². The molecule has 0 radical (unpaired) electrons. The molecule has 12 heteroatoms. The molecule has 0 bridgehead atoms. The molecule has 6 nitrogen and oxygen atoms in total. The maximum atomic E-state index is 13.4. The van der Waals surface area contributed by atoms with Gasteiger partial charge in [-0.05, 0) is 71.2 Å².